The third kappa shape index (κ3) is 5.63. The molecule has 0 fully saturated rings. The molecule has 3 aromatic carbocycles. The zero-order valence-electron chi connectivity index (χ0n) is 19.2. The van der Waals surface area contributed by atoms with E-state index in [9.17, 15) is 14.4 Å². The molecule has 3 N–H and O–H groups in total. The Kier molecular flexibility index (Phi) is 7.71. The number of aryl methyl sites for hydroxylation is 1. The average Bonchev–Trinajstić information content (AvgIpc) is 2.86. The number of hydrazine groups is 1. The number of anilines is 1. The first-order chi connectivity index (χ1) is 16.4. The molecule has 0 radical (unpaired) electrons. The Morgan fingerprint density at radius 2 is 1.21 bits per heavy atom. The highest BCUT2D eigenvalue weighted by atomic mass is 16.5. The van der Waals surface area contributed by atoms with Crippen LogP contribution in [0.15, 0.2) is 60.7 Å². The lowest BCUT2D eigenvalue weighted by Crippen LogP contribution is -2.41. The van der Waals surface area contributed by atoms with Gasteiger partial charge in [0.05, 0.1) is 21.3 Å². The number of carbonyl (C=O) groups excluding carboxylic acids is 3. The minimum absolute atomic E-state index is 0.243. The van der Waals surface area contributed by atoms with E-state index in [1.165, 1.54) is 39.5 Å². The van der Waals surface area contributed by atoms with Gasteiger partial charge in [0, 0.05) is 22.4 Å². The molecule has 9 heteroatoms. The maximum absolute atomic E-state index is 12.8. The lowest BCUT2D eigenvalue weighted by molar-refractivity contribution is 0.0846. The van der Waals surface area contributed by atoms with Crippen LogP contribution in [0.25, 0.3) is 0 Å². The predicted molar refractivity (Wildman–Crippen MR) is 127 cm³/mol. The van der Waals surface area contributed by atoms with Crippen molar-refractivity contribution in [2.24, 2.45) is 0 Å². The number of methoxy groups -OCH3 is 3. The van der Waals surface area contributed by atoms with Crippen LogP contribution in [-0.2, 0) is 0 Å². The second-order valence-corrected chi connectivity index (χ2v) is 7.23. The Morgan fingerprint density at radius 3 is 1.74 bits per heavy atom. The van der Waals surface area contributed by atoms with Crippen molar-refractivity contribution in [3.05, 3.63) is 82.9 Å². The molecule has 0 spiro atoms. The fourth-order valence-electron chi connectivity index (χ4n) is 3.20. The van der Waals surface area contributed by atoms with Crippen LogP contribution in [0.1, 0.15) is 36.6 Å². The number of ether oxygens (including phenoxy) is 3. The third-order valence-electron chi connectivity index (χ3n) is 4.88. The third-order valence-corrected chi connectivity index (χ3v) is 4.88. The minimum atomic E-state index is -0.537. The van der Waals surface area contributed by atoms with E-state index < -0.39 is 17.7 Å². The summed E-state index contributed by atoms with van der Waals surface area (Å²) in [4.78, 5) is 37.6. The molecule has 0 heterocycles. The summed E-state index contributed by atoms with van der Waals surface area (Å²) in [5, 5.41) is 2.73. The number of rotatable bonds is 7. The molecule has 3 amide bonds. The van der Waals surface area contributed by atoms with Crippen molar-refractivity contribution in [1.82, 2.24) is 10.9 Å². The summed E-state index contributed by atoms with van der Waals surface area (Å²) < 4.78 is 15.8. The molecule has 0 aliphatic carbocycles. The van der Waals surface area contributed by atoms with E-state index in [0.29, 0.717) is 28.5 Å². The van der Waals surface area contributed by atoms with Crippen LogP contribution in [0, 0.1) is 6.92 Å². The fraction of sp³-hybridized carbons (Fsp3) is 0.160. The van der Waals surface area contributed by atoms with Gasteiger partial charge in [0.25, 0.3) is 17.7 Å². The lowest BCUT2D eigenvalue weighted by Gasteiger charge is -2.14. The number of nitrogens with one attached hydrogen (secondary N) is 3. The second-order valence-electron chi connectivity index (χ2n) is 7.23. The molecule has 0 aromatic heterocycles. The smallest absolute Gasteiger partial charge is 0.269 e. The molecule has 176 valence electrons. The van der Waals surface area contributed by atoms with Crippen LogP contribution in [-0.4, -0.2) is 39.1 Å². The van der Waals surface area contributed by atoms with Gasteiger partial charge in [-0.3, -0.25) is 25.2 Å². The van der Waals surface area contributed by atoms with Crippen molar-refractivity contribution in [2.75, 3.05) is 26.6 Å². The number of amides is 3. The average molecular weight is 463 g/mol. The predicted octanol–water partition coefficient (Wildman–Crippen LogP) is 3.35. The molecule has 0 saturated carbocycles. The molecule has 0 aliphatic heterocycles. The van der Waals surface area contributed by atoms with Gasteiger partial charge < -0.3 is 19.5 Å². The van der Waals surface area contributed by atoms with Crippen molar-refractivity contribution in [1.29, 1.82) is 0 Å². The van der Waals surface area contributed by atoms with E-state index in [0.717, 1.165) is 5.56 Å². The van der Waals surface area contributed by atoms with Crippen LogP contribution >= 0.6 is 0 Å². The topological polar surface area (TPSA) is 115 Å². The lowest BCUT2D eigenvalue weighted by atomic mass is 10.1. The highest BCUT2D eigenvalue weighted by molar-refractivity contribution is 6.06. The summed E-state index contributed by atoms with van der Waals surface area (Å²) in [7, 11) is 4.39. The SMILES string of the molecule is COc1cc(C(=O)Nc2cccc(C(=O)NNC(=O)c3cccc(C)c3)c2)cc(OC)c1OC. The number of benzene rings is 3. The van der Waals surface area contributed by atoms with E-state index >= 15 is 0 Å². The Hall–Kier alpha value is -4.53. The second kappa shape index (κ2) is 10.9. The van der Waals surface area contributed by atoms with E-state index in [1.54, 1.807) is 36.4 Å². The van der Waals surface area contributed by atoms with E-state index in [2.05, 4.69) is 16.2 Å². The highest BCUT2D eigenvalue weighted by Crippen LogP contribution is 2.38. The quantitative estimate of drug-likeness (QED) is 0.463. The zero-order valence-corrected chi connectivity index (χ0v) is 19.2. The first-order valence-corrected chi connectivity index (χ1v) is 10.2. The highest BCUT2D eigenvalue weighted by Gasteiger charge is 2.17. The van der Waals surface area contributed by atoms with Gasteiger partial charge in [-0.2, -0.15) is 0 Å². The van der Waals surface area contributed by atoms with Gasteiger partial charge in [0.2, 0.25) is 5.75 Å². The van der Waals surface area contributed by atoms with Gasteiger partial charge >= 0.3 is 0 Å². The fourth-order valence-corrected chi connectivity index (χ4v) is 3.20. The molecule has 0 bridgehead atoms. The first-order valence-electron chi connectivity index (χ1n) is 10.2. The summed E-state index contributed by atoms with van der Waals surface area (Å²) in [5.41, 5.74) is 7.00. The Balaban J connectivity index is 1.70. The van der Waals surface area contributed by atoms with Crippen LogP contribution in [0.4, 0.5) is 5.69 Å². The van der Waals surface area contributed by atoms with Crippen LogP contribution in [0.2, 0.25) is 0 Å². The van der Waals surface area contributed by atoms with Gasteiger partial charge in [-0.05, 0) is 49.4 Å². The molecule has 9 nitrogen and oxygen atoms in total. The van der Waals surface area contributed by atoms with Gasteiger partial charge in [0.1, 0.15) is 0 Å². The van der Waals surface area contributed by atoms with Gasteiger partial charge in [-0.25, -0.2) is 0 Å². The standard InChI is InChI=1S/C25H25N3O6/c1-15-7-5-8-16(11-15)24(30)27-28-25(31)17-9-6-10-19(12-17)26-23(29)18-13-20(32-2)22(34-4)21(14-18)33-3/h5-14H,1-4H3,(H,26,29)(H,27,30)(H,28,31). The summed E-state index contributed by atoms with van der Waals surface area (Å²) in [6.45, 7) is 1.87. The minimum Gasteiger partial charge on any atom is -0.493 e. The van der Waals surface area contributed by atoms with E-state index in [4.69, 9.17) is 14.2 Å². The normalized spacial score (nSPS) is 10.1. The van der Waals surface area contributed by atoms with Gasteiger partial charge in [-0.15, -0.1) is 0 Å². The number of carbonyl (C=O) groups is 3. The Labute approximate surface area is 197 Å². The van der Waals surface area contributed by atoms with Crippen molar-refractivity contribution in [2.45, 2.75) is 6.92 Å². The Bertz CT molecular complexity index is 1200. The van der Waals surface area contributed by atoms with Crippen LogP contribution in [0.5, 0.6) is 17.2 Å². The van der Waals surface area contributed by atoms with Crippen molar-refractivity contribution in [3.63, 3.8) is 0 Å². The van der Waals surface area contributed by atoms with Gasteiger partial charge in [0.15, 0.2) is 11.5 Å². The number of hydrogen-bond donors (Lipinski definition) is 3. The summed E-state index contributed by atoms with van der Waals surface area (Å²) in [6.07, 6.45) is 0. The van der Waals surface area contributed by atoms with Crippen LogP contribution < -0.4 is 30.4 Å². The maximum Gasteiger partial charge on any atom is 0.269 e. The van der Waals surface area contributed by atoms with E-state index in [1.807, 2.05) is 13.0 Å². The molecule has 3 aromatic rings. The molecule has 0 saturated heterocycles. The van der Waals surface area contributed by atoms with Gasteiger partial charge in [-0.1, -0.05) is 23.8 Å². The first kappa shape index (κ1) is 24.1. The molecule has 0 unspecified atom stereocenters. The van der Waals surface area contributed by atoms with Crippen molar-refractivity contribution < 1.29 is 28.6 Å². The zero-order chi connectivity index (χ0) is 24.7. The summed E-state index contributed by atoms with van der Waals surface area (Å²) in [5.74, 6) is -0.375. The molecular weight excluding hydrogens is 438 g/mol. The molecule has 34 heavy (non-hydrogen) atoms. The molecule has 0 atom stereocenters. The molecular formula is C25H25N3O6. The van der Waals surface area contributed by atoms with Crippen LogP contribution in [0.3, 0.4) is 0 Å². The Morgan fingerprint density at radius 1 is 0.647 bits per heavy atom. The summed E-state index contributed by atoms with van der Waals surface area (Å²) >= 11 is 0. The number of hydrogen-bond acceptors (Lipinski definition) is 6. The largest absolute Gasteiger partial charge is 0.493 e. The molecule has 3 rings (SSSR count). The molecule has 0 aliphatic rings. The van der Waals surface area contributed by atoms with Crippen molar-refractivity contribution >= 4 is 23.4 Å². The monoisotopic (exact) mass is 463 g/mol. The van der Waals surface area contributed by atoms with Crippen molar-refractivity contribution in [3.8, 4) is 17.2 Å². The van der Waals surface area contributed by atoms with E-state index in [-0.39, 0.29) is 11.1 Å². The summed E-state index contributed by atoms with van der Waals surface area (Å²) in [6, 6.07) is 16.3. The maximum atomic E-state index is 12.8.